The minimum Gasteiger partial charge on any atom is -0.136 e. The standard InChI is InChI=1S/C44H38I2N2/c1-43(2,3)29-19-21-32-35-20-18-28(17-16-27-11-7-8-12-31(27)38-26-30(44(4,5)6)22-24-47(38)45)39-41(35)40-33(13-9-14-34(40)37(32)25-29)36-15-10-23-48(46)42(36)39/h7-26H,1-6H3/q+2/b17-16+. The highest BCUT2D eigenvalue weighted by Crippen LogP contribution is 2.46. The van der Waals surface area contributed by atoms with E-state index in [1.54, 1.807) is 0 Å². The van der Waals surface area contributed by atoms with Crippen molar-refractivity contribution < 1.29 is 5.56 Å². The lowest BCUT2D eigenvalue weighted by Gasteiger charge is -2.22. The number of fused-ring (bicyclic) bond motifs is 6. The van der Waals surface area contributed by atoms with E-state index in [0.717, 1.165) is 0 Å². The van der Waals surface area contributed by atoms with Crippen LogP contribution in [-0.2, 0) is 10.8 Å². The quantitative estimate of drug-likeness (QED) is 0.0724. The molecule has 0 radical (unpaired) electrons. The summed E-state index contributed by atoms with van der Waals surface area (Å²) in [5, 5.41) is 11.9. The van der Waals surface area contributed by atoms with E-state index in [4.69, 9.17) is 0 Å². The zero-order valence-electron chi connectivity index (χ0n) is 28.2. The first kappa shape index (κ1) is 31.6. The highest BCUT2D eigenvalue weighted by molar-refractivity contribution is 14.1. The number of halogens is 2. The normalized spacial score (nSPS) is 12.9. The Labute approximate surface area is 310 Å². The lowest BCUT2D eigenvalue weighted by atomic mass is 9.82. The zero-order valence-corrected chi connectivity index (χ0v) is 32.5. The van der Waals surface area contributed by atoms with E-state index in [1.807, 2.05) is 0 Å². The van der Waals surface area contributed by atoms with Gasteiger partial charge in [-0.3, -0.25) is 0 Å². The van der Waals surface area contributed by atoms with Gasteiger partial charge in [-0.1, -0.05) is 114 Å². The van der Waals surface area contributed by atoms with Gasteiger partial charge in [0.15, 0.2) is 12.4 Å². The number of nitrogens with zero attached hydrogens (tertiary/aromatic N) is 2. The summed E-state index contributed by atoms with van der Waals surface area (Å²) in [6.07, 6.45) is 8.99. The molecule has 2 aromatic heterocycles. The Kier molecular flexibility index (Phi) is 7.57. The van der Waals surface area contributed by atoms with Crippen molar-refractivity contribution in [2.24, 2.45) is 0 Å². The molecule has 2 nitrogen and oxygen atoms in total. The second-order valence-electron chi connectivity index (χ2n) is 15.1. The molecule has 0 aliphatic carbocycles. The molecule has 236 valence electrons. The van der Waals surface area contributed by atoms with Crippen LogP contribution < -0.4 is 5.56 Å². The first-order valence-corrected chi connectivity index (χ1v) is 18.5. The fourth-order valence-electron chi connectivity index (χ4n) is 7.38. The number of aromatic nitrogens is 2. The molecule has 8 aromatic rings. The van der Waals surface area contributed by atoms with Crippen LogP contribution in [0.4, 0.5) is 0 Å². The van der Waals surface area contributed by atoms with Crippen LogP contribution in [0.25, 0.3) is 77.4 Å². The third-order valence-corrected chi connectivity index (χ3v) is 11.6. The van der Waals surface area contributed by atoms with Gasteiger partial charge in [0, 0.05) is 23.6 Å². The second kappa shape index (κ2) is 11.5. The van der Waals surface area contributed by atoms with E-state index >= 15 is 0 Å². The van der Waals surface area contributed by atoms with Crippen LogP contribution in [0.2, 0.25) is 0 Å². The molecule has 0 bridgehead atoms. The third kappa shape index (κ3) is 5.09. The molecule has 0 saturated heterocycles. The van der Waals surface area contributed by atoms with Crippen LogP contribution in [0.5, 0.6) is 0 Å². The maximum absolute atomic E-state index is 2.46. The average Bonchev–Trinajstić information content (AvgIpc) is 3.06. The monoisotopic (exact) mass is 848 g/mol. The summed E-state index contributed by atoms with van der Waals surface area (Å²) >= 11 is 4.87. The zero-order chi connectivity index (χ0) is 33.5. The van der Waals surface area contributed by atoms with Gasteiger partial charge in [-0.05, 0) is 83.6 Å². The minimum atomic E-state index is 0.0699. The second-order valence-corrected chi connectivity index (χ2v) is 17.1. The van der Waals surface area contributed by atoms with Gasteiger partial charge >= 0.3 is 45.7 Å². The highest BCUT2D eigenvalue weighted by atomic mass is 127. The first-order chi connectivity index (χ1) is 22.9. The van der Waals surface area contributed by atoms with Crippen LogP contribution in [0.1, 0.15) is 63.8 Å². The molecule has 0 saturated carbocycles. The number of pyridine rings is 2. The van der Waals surface area contributed by atoms with Crippen molar-refractivity contribution in [2.45, 2.75) is 52.4 Å². The topological polar surface area (TPSA) is 7.76 Å². The molecular weight excluding hydrogens is 810 g/mol. The Bertz CT molecular complexity index is 2600. The van der Waals surface area contributed by atoms with Crippen LogP contribution in [-0.4, -0.2) is 0 Å². The molecular formula is C44H38I2N2+2. The molecule has 2 heterocycles. The molecule has 0 aliphatic rings. The van der Waals surface area contributed by atoms with Crippen molar-refractivity contribution >= 4 is 112 Å². The lowest BCUT2D eigenvalue weighted by Crippen LogP contribution is -2.24. The van der Waals surface area contributed by atoms with Crippen molar-refractivity contribution in [3.63, 3.8) is 0 Å². The van der Waals surface area contributed by atoms with Gasteiger partial charge in [0.25, 0.3) is 0 Å². The smallest absolute Gasteiger partial charge is 0.136 e. The highest BCUT2D eigenvalue weighted by Gasteiger charge is 2.25. The summed E-state index contributed by atoms with van der Waals surface area (Å²) in [6, 6.07) is 36.5. The van der Waals surface area contributed by atoms with E-state index in [0.29, 0.717) is 0 Å². The molecule has 0 unspecified atom stereocenters. The summed E-state index contributed by atoms with van der Waals surface area (Å²) in [5.41, 5.74) is 8.94. The van der Waals surface area contributed by atoms with E-state index in [1.165, 1.54) is 87.5 Å². The van der Waals surface area contributed by atoms with E-state index in [-0.39, 0.29) is 10.8 Å². The van der Waals surface area contributed by atoms with Crippen molar-refractivity contribution in [2.75, 3.05) is 0 Å². The van der Waals surface area contributed by atoms with Crippen molar-refractivity contribution in [3.05, 3.63) is 132 Å². The van der Waals surface area contributed by atoms with Gasteiger partial charge in [0.1, 0.15) is 0 Å². The summed E-state index contributed by atoms with van der Waals surface area (Å²) in [5.74, 6) is 0. The molecule has 4 heteroatoms. The Morgan fingerprint density at radius 2 is 1.12 bits per heavy atom. The molecule has 0 N–H and O–H groups in total. The van der Waals surface area contributed by atoms with Gasteiger partial charge in [0.05, 0.1) is 16.3 Å². The number of hydrogen-bond donors (Lipinski definition) is 0. The SMILES string of the molecule is CC(C)(C)c1cc[n+](I)c(-c2ccccc2/C=C/c2ccc3c4ccc(C(C)(C)C)cc4c4cccc5c6ccc[n+](I)c6c2c3c45)c1. The van der Waals surface area contributed by atoms with Crippen molar-refractivity contribution in [1.29, 1.82) is 0 Å². The summed E-state index contributed by atoms with van der Waals surface area (Å²) in [7, 11) is 0. The summed E-state index contributed by atoms with van der Waals surface area (Å²) < 4.78 is 4.48. The molecule has 8 rings (SSSR count). The van der Waals surface area contributed by atoms with Crippen LogP contribution in [0, 0.1) is 0 Å². The van der Waals surface area contributed by atoms with Crippen LogP contribution in [0.3, 0.4) is 0 Å². The molecule has 0 spiro atoms. The predicted molar refractivity (Wildman–Crippen MR) is 223 cm³/mol. The lowest BCUT2D eigenvalue weighted by molar-refractivity contribution is -0.427. The summed E-state index contributed by atoms with van der Waals surface area (Å²) in [6.45, 7) is 13.7. The van der Waals surface area contributed by atoms with Gasteiger partial charge < -0.3 is 0 Å². The number of benzene rings is 6. The Balaban J connectivity index is 1.43. The number of hydrogen-bond acceptors (Lipinski definition) is 0. The Hall–Kier alpha value is -3.62. The molecule has 0 amide bonds. The van der Waals surface area contributed by atoms with Gasteiger partial charge in [0.2, 0.25) is 11.2 Å². The Morgan fingerprint density at radius 1 is 0.479 bits per heavy atom. The first-order valence-electron chi connectivity index (χ1n) is 16.6. The van der Waals surface area contributed by atoms with Crippen LogP contribution in [0.15, 0.2) is 109 Å². The average molecular weight is 849 g/mol. The molecule has 0 fully saturated rings. The molecule has 6 aromatic carbocycles. The fourth-order valence-corrected chi connectivity index (χ4v) is 8.62. The van der Waals surface area contributed by atoms with Gasteiger partial charge in [-0.25, -0.2) is 0 Å². The minimum absolute atomic E-state index is 0.0699. The van der Waals surface area contributed by atoms with Crippen molar-refractivity contribution in [3.8, 4) is 11.3 Å². The predicted octanol–water partition coefficient (Wildman–Crippen LogP) is 12.3. The van der Waals surface area contributed by atoms with E-state index in [9.17, 15) is 0 Å². The number of rotatable bonds is 3. The molecule has 48 heavy (non-hydrogen) atoms. The van der Waals surface area contributed by atoms with E-state index in [2.05, 4.69) is 214 Å². The van der Waals surface area contributed by atoms with E-state index < -0.39 is 0 Å². The largest absolute Gasteiger partial charge is 0.354 e. The maximum atomic E-state index is 2.46. The van der Waals surface area contributed by atoms with Gasteiger partial charge in [-0.2, -0.15) is 0 Å². The third-order valence-electron chi connectivity index (χ3n) is 9.95. The van der Waals surface area contributed by atoms with Crippen LogP contribution >= 0.6 is 45.7 Å². The van der Waals surface area contributed by atoms with Gasteiger partial charge in [-0.15, -0.1) is 5.56 Å². The Morgan fingerprint density at radius 3 is 1.90 bits per heavy atom. The maximum Gasteiger partial charge on any atom is 0.354 e. The van der Waals surface area contributed by atoms with Crippen molar-refractivity contribution in [1.82, 2.24) is 0 Å². The molecule has 0 aliphatic heterocycles. The fraction of sp³-hybridized carbons (Fsp3) is 0.182. The summed E-state index contributed by atoms with van der Waals surface area (Å²) in [4.78, 5) is 0. The molecule has 0 atom stereocenters.